The number of phenolic OH excluding ortho intramolecular Hbond substituents is 1. The van der Waals surface area contributed by atoms with Crippen molar-refractivity contribution in [2.45, 2.75) is 33.2 Å². The Balaban J connectivity index is 1.82. The molecule has 2 aromatic rings. The molecular weight excluding hydrogens is 415 g/mol. The molecule has 0 bridgehead atoms. The molecule has 2 aliphatic heterocycles. The highest BCUT2D eigenvalue weighted by molar-refractivity contribution is 7.89. The van der Waals surface area contributed by atoms with Gasteiger partial charge in [0.25, 0.3) is 0 Å². The molecule has 0 aliphatic carbocycles. The lowest BCUT2D eigenvalue weighted by Gasteiger charge is -2.34. The van der Waals surface area contributed by atoms with Crippen molar-refractivity contribution in [2.24, 2.45) is 5.41 Å². The molecule has 0 amide bonds. The molecule has 0 saturated carbocycles. The van der Waals surface area contributed by atoms with Crippen LogP contribution in [0.3, 0.4) is 0 Å². The number of aromatic hydroxyl groups is 1. The lowest BCUT2D eigenvalue weighted by molar-refractivity contribution is 0.350. The van der Waals surface area contributed by atoms with Crippen molar-refractivity contribution in [1.29, 1.82) is 0 Å². The van der Waals surface area contributed by atoms with E-state index in [2.05, 4.69) is 31.1 Å². The fourth-order valence-electron chi connectivity index (χ4n) is 4.02. The minimum Gasteiger partial charge on any atom is -0.506 e. The minimum absolute atomic E-state index is 0.0432. The van der Waals surface area contributed by atoms with Crippen molar-refractivity contribution in [1.82, 2.24) is 0 Å². The van der Waals surface area contributed by atoms with Gasteiger partial charge in [-0.3, -0.25) is 4.21 Å². The maximum atomic E-state index is 15.3. The summed E-state index contributed by atoms with van der Waals surface area (Å²) in [7, 11) is -1.32. The second kappa shape index (κ2) is 8.04. The third-order valence-corrected chi connectivity index (χ3v) is 7.38. The number of hydrogen-bond donors (Lipinski definition) is 3. The van der Waals surface area contributed by atoms with Gasteiger partial charge in [-0.25, -0.2) is 4.39 Å². The lowest BCUT2D eigenvalue weighted by atomic mass is 9.88. The first-order valence-electron chi connectivity index (χ1n) is 10.2. The molecule has 31 heavy (non-hydrogen) atoms. The SMILES string of the molecule is C=C(C)COc1ccc(C2Nc3c(O)cccc3NC3=C2S(=O)CC(C)(C)C3)c(F)c1. The quantitative estimate of drug-likeness (QED) is 0.434. The summed E-state index contributed by atoms with van der Waals surface area (Å²) in [6, 6.07) is 9.13. The van der Waals surface area contributed by atoms with Gasteiger partial charge >= 0.3 is 0 Å². The van der Waals surface area contributed by atoms with Crippen LogP contribution in [0.1, 0.15) is 38.8 Å². The van der Waals surface area contributed by atoms with E-state index in [-0.39, 0.29) is 11.2 Å². The number of phenols is 1. The average molecular weight is 443 g/mol. The van der Waals surface area contributed by atoms with Crippen LogP contribution in [0.4, 0.5) is 15.8 Å². The molecular formula is C24H27FN2O3S. The summed E-state index contributed by atoms with van der Waals surface area (Å²) in [5.74, 6) is 0.459. The first-order valence-corrected chi connectivity index (χ1v) is 11.5. The molecule has 2 atom stereocenters. The smallest absolute Gasteiger partial charge is 0.140 e. The molecule has 3 N–H and O–H groups in total. The fourth-order valence-corrected chi connectivity index (χ4v) is 5.84. The number of fused-ring (bicyclic) bond motifs is 1. The first-order chi connectivity index (χ1) is 14.6. The molecule has 2 heterocycles. The van der Waals surface area contributed by atoms with Crippen LogP contribution < -0.4 is 15.4 Å². The predicted octanol–water partition coefficient (Wildman–Crippen LogP) is 5.46. The maximum absolute atomic E-state index is 15.3. The van der Waals surface area contributed by atoms with E-state index in [1.807, 2.05) is 13.0 Å². The summed E-state index contributed by atoms with van der Waals surface area (Å²) in [6.45, 7) is 10.1. The average Bonchev–Trinajstić information content (AvgIpc) is 2.83. The van der Waals surface area contributed by atoms with E-state index < -0.39 is 22.7 Å². The zero-order valence-corrected chi connectivity index (χ0v) is 18.7. The summed E-state index contributed by atoms with van der Waals surface area (Å²) in [5, 5.41) is 17.1. The maximum Gasteiger partial charge on any atom is 0.140 e. The van der Waals surface area contributed by atoms with Crippen LogP contribution in [0.2, 0.25) is 0 Å². The Morgan fingerprint density at radius 2 is 2.13 bits per heavy atom. The Kier molecular flexibility index (Phi) is 5.56. The Morgan fingerprint density at radius 1 is 1.35 bits per heavy atom. The zero-order valence-electron chi connectivity index (χ0n) is 17.9. The number of allylic oxidation sites excluding steroid dienone is 1. The lowest BCUT2D eigenvalue weighted by Crippen LogP contribution is -2.32. The number of nitrogens with one attached hydrogen (secondary N) is 2. The van der Waals surface area contributed by atoms with Gasteiger partial charge in [0.05, 0.1) is 27.4 Å². The molecule has 4 rings (SSSR count). The van der Waals surface area contributed by atoms with Gasteiger partial charge in [0, 0.05) is 23.1 Å². The molecule has 2 aliphatic rings. The van der Waals surface area contributed by atoms with Gasteiger partial charge in [0.15, 0.2) is 0 Å². The number of para-hydroxylation sites is 1. The molecule has 2 aromatic carbocycles. The molecule has 0 radical (unpaired) electrons. The Bertz CT molecular complexity index is 1110. The number of hydrogen-bond acceptors (Lipinski definition) is 5. The van der Waals surface area contributed by atoms with Gasteiger partial charge in [-0.2, -0.15) is 0 Å². The normalized spacial score (nSPS) is 21.8. The summed E-state index contributed by atoms with van der Waals surface area (Å²) in [5.41, 5.74) is 2.95. The van der Waals surface area contributed by atoms with Crippen molar-refractivity contribution in [2.75, 3.05) is 23.0 Å². The van der Waals surface area contributed by atoms with E-state index in [1.165, 1.54) is 6.07 Å². The highest BCUT2D eigenvalue weighted by Crippen LogP contribution is 2.47. The Labute approximate surface area is 184 Å². The highest BCUT2D eigenvalue weighted by Gasteiger charge is 2.39. The monoisotopic (exact) mass is 442 g/mol. The molecule has 7 heteroatoms. The molecule has 164 valence electrons. The van der Waals surface area contributed by atoms with E-state index >= 15 is 4.39 Å². The summed E-state index contributed by atoms with van der Waals surface area (Å²) >= 11 is 0. The molecule has 5 nitrogen and oxygen atoms in total. The summed E-state index contributed by atoms with van der Waals surface area (Å²) < 4.78 is 34.1. The standard InChI is InChI=1S/C24H27FN2O3S/c1-14(2)12-30-15-8-9-16(17(25)10-15)21-23-19(11-24(3,4)13-31(23)29)26-18-6-5-7-20(28)22(18)27-21/h5-10,21,26-28H,1,11-13H2,2-4H3. The number of benzene rings is 2. The highest BCUT2D eigenvalue weighted by atomic mass is 32.2. The van der Waals surface area contributed by atoms with Gasteiger partial charge in [-0.05, 0) is 48.6 Å². The Morgan fingerprint density at radius 3 is 2.84 bits per heavy atom. The second-order valence-electron chi connectivity index (χ2n) is 9.00. The molecule has 0 saturated heterocycles. The van der Waals surface area contributed by atoms with Crippen LogP contribution in [0, 0.1) is 11.2 Å². The summed E-state index contributed by atoms with van der Waals surface area (Å²) in [6.07, 6.45) is 0.669. The third kappa shape index (κ3) is 4.32. The third-order valence-electron chi connectivity index (χ3n) is 5.37. The second-order valence-corrected chi connectivity index (χ2v) is 10.4. The van der Waals surface area contributed by atoms with Gasteiger partial charge in [0.1, 0.15) is 29.6 Å². The van der Waals surface area contributed by atoms with E-state index in [1.54, 1.807) is 24.3 Å². The molecule has 0 fully saturated rings. The van der Waals surface area contributed by atoms with Crippen LogP contribution in [-0.4, -0.2) is 21.7 Å². The topological polar surface area (TPSA) is 70.6 Å². The van der Waals surface area contributed by atoms with Gasteiger partial charge in [0.2, 0.25) is 0 Å². The van der Waals surface area contributed by atoms with Crippen molar-refractivity contribution in [3.63, 3.8) is 0 Å². The van der Waals surface area contributed by atoms with Gasteiger partial charge < -0.3 is 20.5 Å². The number of rotatable bonds is 4. The molecule has 2 unspecified atom stereocenters. The van der Waals surface area contributed by atoms with Gasteiger partial charge in [-0.15, -0.1) is 0 Å². The van der Waals surface area contributed by atoms with Crippen molar-refractivity contribution < 1.29 is 18.4 Å². The zero-order chi connectivity index (χ0) is 22.3. The van der Waals surface area contributed by atoms with E-state index in [4.69, 9.17) is 4.74 Å². The van der Waals surface area contributed by atoms with Gasteiger partial charge in [-0.1, -0.05) is 26.5 Å². The number of halogens is 1. The first kappa shape index (κ1) is 21.4. The van der Waals surface area contributed by atoms with Crippen LogP contribution in [-0.2, 0) is 10.8 Å². The van der Waals surface area contributed by atoms with E-state index in [0.717, 1.165) is 11.3 Å². The van der Waals surface area contributed by atoms with E-state index in [9.17, 15) is 9.32 Å². The largest absolute Gasteiger partial charge is 0.506 e. The van der Waals surface area contributed by atoms with Crippen molar-refractivity contribution in [3.05, 3.63) is 70.5 Å². The van der Waals surface area contributed by atoms with Crippen molar-refractivity contribution >= 4 is 22.2 Å². The van der Waals surface area contributed by atoms with Crippen LogP contribution in [0.25, 0.3) is 0 Å². The predicted molar refractivity (Wildman–Crippen MR) is 123 cm³/mol. The van der Waals surface area contributed by atoms with Crippen LogP contribution in [0.15, 0.2) is 59.2 Å². The molecule has 0 aromatic heterocycles. The van der Waals surface area contributed by atoms with E-state index in [0.29, 0.717) is 46.4 Å². The Hall–Kier alpha value is -2.80. The number of anilines is 2. The fraction of sp³-hybridized carbons (Fsp3) is 0.333. The summed E-state index contributed by atoms with van der Waals surface area (Å²) in [4.78, 5) is 0.615. The van der Waals surface area contributed by atoms with Crippen LogP contribution in [0.5, 0.6) is 11.5 Å². The molecule has 0 spiro atoms. The minimum atomic E-state index is -1.32. The van der Waals surface area contributed by atoms with Crippen LogP contribution >= 0.6 is 0 Å². The van der Waals surface area contributed by atoms with Crippen molar-refractivity contribution in [3.8, 4) is 11.5 Å². The number of ether oxygens (including phenoxy) is 1.